The third-order valence-electron chi connectivity index (χ3n) is 3.68. The number of rotatable bonds is 4. The van der Waals surface area contributed by atoms with E-state index in [4.69, 9.17) is 0 Å². The smallest absolute Gasteiger partial charge is 0.271 e. The van der Waals surface area contributed by atoms with Crippen LogP contribution in [0.4, 0.5) is 5.69 Å². The monoisotopic (exact) mass is 311 g/mol. The van der Waals surface area contributed by atoms with E-state index >= 15 is 0 Å². The van der Waals surface area contributed by atoms with Crippen molar-refractivity contribution in [3.8, 4) is 11.3 Å². The predicted molar refractivity (Wildman–Crippen MR) is 87.0 cm³/mol. The molecule has 0 spiro atoms. The van der Waals surface area contributed by atoms with Crippen LogP contribution in [0.25, 0.3) is 11.3 Å². The summed E-state index contributed by atoms with van der Waals surface area (Å²) < 4.78 is 0. The number of carbonyl (C=O) groups is 1. The Balaban J connectivity index is 1.76. The largest absolute Gasteiger partial charge is 0.374 e. The van der Waals surface area contributed by atoms with Gasteiger partial charge in [0.05, 0.1) is 23.6 Å². The van der Waals surface area contributed by atoms with Gasteiger partial charge in [-0.05, 0) is 19.1 Å². The van der Waals surface area contributed by atoms with Crippen LogP contribution in [0.15, 0.2) is 42.1 Å². The molecule has 2 aromatic heterocycles. The molecule has 0 saturated carbocycles. The van der Waals surface area contributed by atoms with Crippen molar-refractivity contribution < 1.29 is 4.79 Å². The van der Waals surface area contributed by atoms with Crippen LogP contribution in [-0.2, 0) is 4.79 Å². The van der Waals surface area contributed by atoms with Gasteiger partial charge in [-0.1, -0.05) is 6.58 Å². The molecule has 7 nitrogen and oxygen atoms in total. The fourth-order valence-corrected chi connectivity index (χ4v) is 2.44. The van der Waals surface area contributed by atoms with E-state index in [0.717, 1.165) is 11.3 Å². The summed E-state index contributed by atoms with van der Waals surface area (Å²) in [6.07, 6.45) is 6.23. The number of nitrogens with zero attached hydrogens (tertiary/aromatic N) is 3. The van der Waals surface area contributed by atoms with Gasteiger partial charge in [0.25, 0.3) is 5.56 Å². The number of aryl methyl sites for hydroxylation is 1. The molecule has 23 heavy (non-hydrogen) atoms. The summed E-state index contributed by atoms with van der Waals surface area (Å²) in [5.41, 5.74) is 2.54. The van der Waals surface area contributed by atoms with Gasteiger partial charge in [0.15, 0.2) is 0 Å². The normalized spacial score (nSPS) is 14.2. The number of aromatic nitrogens is 3. The lowest BCUT2D eigenvalue weighted by Gasteiger charge is -2.39. The van der Waals surface area contributed by atoms with E-state index in [1.165, 1.54) is 6.08 Å². The van der Waals surface area contributed by atoms with Crippen molar-refractivity contribution in [2.24, 2.45) is 0 Å². The zero-order chi connectivity index (χ0) is 16.4. The van der Waals surface area contributed by atoms with Gasteiger partial charge in [-0.25, -0.2) is 4.98 Å². The first kappa shape index (κ1) is 15.0. The number of aromatic amines is 1. The van der Waals surface area contributed by atoms with Crippen LogP contribution in [0, 0.1) is 6.92 Å². The summed E-state index contributed by atoms with van der Waals surface area (Å²) in [7, 11) is 0. The Morgan fingerprint density at radius 1 is 1.48 bits per heavy atom. The Morgan fingerprint density at radius 2 is 2.26 bits per heavy atom. The molecule has 2 aromatic rings. The topological polar surface area (TPSA) is 91.0 Å². The summed E-state index contributed by atoms with van der Waals surface area (Å²) in [6, 6.07) is 1.80. The molecule has 0 bridgehead atoms. The number of hydrogen-bond donors (Lipinski definition) is 2. The fourth-order valence-electron chi connectivity index (χ4n) is 2.44. The van der Waals surface area contributed by atoms with E-state index in [2.05, 4.69) is 26.8 Å². The van der Waals surface area contributed by atoms with Crippen LogP contribution in [0.2, 0.25) is 0 Å². The molecule has 1 aliphatic heterocycles. The first-order chi connectivity index (χ1) is 11.1. The van der Waals surface area contributed by atoms with Gasteiger partial charge in [-0.15, -0.1) is 0 Å². The standard InChI is InChI=1S/C16H17N5O2/c1-3-15(22)21-8-12(9-21)20-13-4-11(6-18-16(13)23)14-7-17-5-10(2)19-14/h3-7,12,20H,1,8-9H2,2H3,(H,18,23). The van der Waals surface area contributed by atoms with Crippen molar-refractivity contribution in [2.75, 3.05) is 18.4 Å². The summed E-state index contributed by atoms with van der Waals surface area (Å²) in [4.78, 5) is 36.3. The summed E-state index contributed by atoms with van der Waals surface area (Å²) in [5, 5.41) is 3.16. The molecule has 118 valence electrons. The quantitative estimate of drug-likeness (QED) is 0.820. The maximum atomic E-state index is 12.0. The van der Waals surface area contributed by atoms with E-state index in [0.29, 0.717) is 24.5 Å². The van der Waals surface area contributed by atoms with Crippen LogP contribution in [0.3, 0.4) is 0 Å². The van der Waals surface area contributed by atoms with E-state index in [1.54, 1.807) is 29.6 Å². The van der Waals surface area contributed by atoms with Gasteiger partial charge in [-0.2, -0.15) is 0 Å². The molecule has 0 aliphatic carbocycles. The van der Waals surface area contributed by atoms with Crippen LogP contribution in [0.1, 0.15) is 5.69 Å². The first-order valence-electron chi connectivity index (χ1n) is 7.26. The zero-order valence-electron chi connectivity index (χ0n) is 12.7. The number of anilines is 1. The lowest BCUT2D eigenvalue weighted by atomic mass is 10.1. The van der Waals surface area contributed by atoms with Crippen molar-refractivity contribution in [3.63, 3.8) is 0 Å². The average molecular weight is 311 g/mol. The fraction of sp³-hybridized carbons (Fsp3) is 0.250. The first-order valence-corrected chi connectivity index (χ1v) is 7.26. The third kappa shape index (κ3) is 3.13. The highest BCUT2D eigenvalue weighted by Crippen LogP contribution is 2.19. The number of hydrogen-bond acceptors (Lipinski definition) is 5. The second-order valence-corrected chi connectivity index (χ2v) is 5.47. The van der Waals surface area contributed by atoms with Gasteiger partial charge >= 0.3 is 0 Å². The summed E-state index contributed by atoms with van der Waals surface area (Å²) in [5.74, 6) is -0.0965. The Kier molecular flexibility index (Phi) is 3.92. The summed E-state index contributed by atoms with van der Waals surface area (Å²) >= 11 is 0. The van der Waals surface area contributed by atoms with E-state index < -0.39 is 0 Å². The van der Waals surface area contributed by atoms with Crippen molar-refractivity contribution in [3.05, 3.63) is 53.4 Å². The predicted octanol–water partition coefficient (Wildman–Crippen LogP) is 0.949. The lowest BCUT2D eigenvalue weighted by Crippen LogP contribution is -2.56. The van der Waals surface area contributed by atoms with Crippen LogP contribution in [-0.4, -0.2) is 44.9 Å². The van der Waals surface area contributed by atoms with Crippen molar-refractivity contribution in [1.82, 2.24) is 19.9 Å². The highest BCUT2D eigenvalue weighted by Gasteiger charge is 2.29. The molecule has 0 unspecified atom stereocenters. The number of amides is 1. The van der Waals surface area contributed by atoms with E-state index in [9.17, 15) is 9.59 Å². The highest BCUT2D eigenvalue weighted by atomic mass is 16.2. The zero-order valence-corrected chi connectivity index (χ0v) is 12.7. The molecule has 3 rings (SSSR count). The Bertz CT molecular complexity index is 808. The molecule has 0 aromatic carbocycles. The van der Waals surface area contributed by atoms with Gasteiger partial charge in [0.2, 0.25) is 5.91 Å². The Hall–Kier alpha value is -2.96. The molecule has 1 fully saturated rings. The maximum absolute atomic E-state index is 12.0. The van der Waals surface area contributed by atoms with E-state index in [-0.39, 0.29) is 17.5 Å². The minimum atomic E-state index is -0.206. The second kappa shape index (κ2) is 6.04. The van der Waals surface area contributed by atoms with Gasteiger partial charge in [0.1, 0.15) is 5.69 Å². The number of H-pyrrole nitrogens is 1. The number of likely N-dealkylation sites (tertiary alicyclic amines) is 1. The molecule has 1 amide bonds. The number of carbonyl (C=O) groups excluding carboxylic acids is 1. The van der Waals surface area contributed by atoms with Crippen molar-refractivity contribution in [2.45, 2.75) is 13.0 Å². The van der Waals surface area contributed by atoms with Gasteiger partial charge < -0.3 is 15.2 Å². The lowest BCUT2D eigenvalue weighted by molar-refractivity contribution is -0.129. The summed E-state index contributed by atoms with van der Waals surface area (Å²) in [6.45, 7) is 6.43. The second-order valence-electron chi connectivity index (χ2n) is 5.47. The third-order valence-corrected chi connectivity index (χ3v) is 3.68. The van der Waals surface area contributed by atoms with Gasteiger partial charge in [-0.3, -0.25) is 14.6 Å². The van der Waals surface area contributed by atoms with Crippen molar-refractivity contribution >= 4 is 11.6 Å². The number of nitrogens with one attached hydrogen (secondary N) is 2. The van der Waals surface area contributed by atoms with Crippen molar-refractivity contribution in [1.29, 1.82) is 0 Å². The van der Waals surface area contributed by atoms with Crippen LogP contribution < -0.4 is 10.9 Å². The maximum Gasteiger partial charge on any atom is 0.271 e. The minimum absolute atomic E-state index is 0.0545. The molecule has 0 radical (unpaired) electrons. The molecule has 2 N–H and O–H groups in total. The Morgan fingerprint density at radius 3 is 2.96 bits per heavy atom. The molecule has 0 atom stereocenters. The molecular weight excluding hydrogens is 294 g/mol. The Labute approximate surface area is 133 Å². The minimum Gasteiger partial charge on any atom is -0.374 e. The highest BCUT2D eigenvalue weighted by molar-refractivity contribution is 5.87. The van der Waals surface area contributed by atoms with Crippen LogP contribution in [0.5, 0.6) is 0 Å². The van der Waals surface area contributed by atoms with Gasteiger partial charge in [0, 0.05) is 31.0 Å². The molecule has 1 aliphatic rings. The SMILES string of the molecule is C=CC(=O)N1CC(Nc2cc(-c3cncc(C)n3)c[nH]c2=O)C1. The molecule has 7 heteroatoms. The molecule has 1 saturated heterocycles. The van der Waals surface area contributed by atoms with Crippen LogP contribution >= 0.6 is 0 Å². The van der Waals surface area contributed by atoms with E-state index in [1.807, 2.05) is 6.92 Å². The molecule has 3 heterocycles. The molecular formula is C16H17N5O2. The average Bonchev–Trinajstić information content (AvgIpc) is 2.51. The number of pyridine rings is 1.